The molecule has 0 aliphatic heterocycles. The molecule has 0 aliphatic carbocycles. The highest BCUT2D eigenvalue weighted by Gasteiger charge is 2.21. The molecule has 2 N–H and O–H groups in total. The quantitative estimate of drug-likeness (QED) is 0.883. The van der Waals surface area contributed by atoms with Gasteiger partial charge in [-0.05, 0) is 29.8 Å². The fraction of sp³-hybridized carbons (Fsp3) is 0.333. The molecule has 0 atom stereocenters. The molecule has 122 valence electrons. The molecule has 0 fully saturated rings. The molecular formula is C18H23N3O2. The third-order valence-electron chi connectivity index (χ3n) is 3.34. The van der Waals surface area contributed by atoms with Gasteiger partial charge in [0.15, 0.2) is 0 Å². The Kier molecular flexibility index (Phi) is 5.21. The molecule has 2 rings (SSSR count). The van der Waals surface area contributed by atoms with Crippen molar-refractivity contribution < 1.29 is 9.53 Å². The van der Waals surface area contributed by atoms with Gasteiger partial charge in [-0.15, -0.1) is 0 Å². The van der Waals surface area contributed by atoms with E-state index in [4.69, 9.17) is 4.74 Å². The Morgan fingerprint density at radius 1 is 1.13 bits per heavy atom. The van der Waals surface area contributed by atoms with E-state index in [0.717, 1.165) is 17.1 Å². The number of hydrogen-bond acceptors (Lipinski definition) is 4. The van der Waals surface area contributed by atoms with Gasteiger partial charge in [-0.3, -0.25) is 4.79 Å². The van der Waals surface area contributed by atoms with Crippen molar-refractivity contribution in [3.63, 3.8) is 0 Å². The van der Waals surface area contributed by atoms with E-state index in [9.17, 15) is 4.79 Å². The number of nitrogens with zero attached hydrogens (tertiary/aromatic N) is 1. The first-order valence-corrected chi connectivity index (χ1v) is 7.53. The summed E-state index contributed by atoms with van der Waals surface area (Å²) in [5.41, 5.74) is 1.41. The van der Waals surface area contributed by atoms with Crippen molar-refractivity contribution in [3.05, 3.63) is 48.2 Å². The monoisotopic (exact) mass is 313 g/mol. The van der Waals surface area contributed by atoms with Gasteiger partial charge in [-0.25, -0.2) is 4.98 Å². The second-order valence-electron chi connectivity index (χ2n) is 6.34. The van der Waals surface area contributed by atoms with Crippen LogP contribution in [-0.2, 0) is 11.3 Å². The summed E-state index contributed by atoms with van der Waals surface area (Å²) in [6.07, 6.45) is 1.65. The molecule has 0 saturated carbocycles. The summed E-state index contributed by atoms with van der Waals surface area (Å²) in [6.45, 7) is 6.30. The molecule has 0 aliphatic rings. The predicted octanol–water partition coefficient (Wildman–Crippen LogP) is 3.69. The zero-order chi connectivity index (χ0) is 16.9. The normalized spacial score (nSPS) is 11.0. The predicted molar refractivity (Wildman–Crippen MR) is 92.6 cm³/mol. The molecule has 0 saturated heterocycles. The summed E-state index contributed by atoms with van der Waals surface area (Å²) in [4.78, 5) is 16.2. The average molecular weight is 313 g/mol. The first-order chi connectivity index (χ1) is 10.9. The van der Waals surface area contributed by atoms with Crippen molar-refractivity contribution in [3.8, 4) is 5.75 Å². The van der Waals surface area contributed by atoms with E-state index in [0.29, 0.717) is 12.2 Å². The summed E-state index contributed by atoms with van der Waals surface area (Å²) in [5, 5.41) is 6.10. The van der Waals surface area contributed by atoms with Crippen LogP contribution in [0.15, 0.2) is 42.6 Å². The summed E-state index contributed by atoms with van der Waals surface area (Å²) >= 11 is 0. The van der Waals surface area contributed by atoms with Crippen LogP contribution in [0.1, 0.15) is 26.3 Å². The molecule has 5 heteroatoms. The number of benzene rings is 1. The molecule has 0 unspecified atom stereocenters. The van der Waals surface area contributed by atoms with Crippen molar-refractivity contribution in [2.45, 2.75) is 27.3 Å². The van der Waals surface area contributed by atoms with Crippen molar-refractivity contribution in [1.29, 1.82) is 0 Å². The number of methoxy groups -OCH3 is 1. The maximum Gasteiger partial charge on any atom is 0.229 e. The van der Waals surface area contributed by atoms with E-state index in [1.807, 2.05) is 57.2 Å². The largest absolute Gasteiger partial charge is 0.497 e. The van der Waals surface area contributed by atoms with Gasteiger partial charge in [-0.1, -0.05) is 32.9 Å². The lowest BCUT2D eigenvalue weighted by Gasteiger charge is -2.17. The molecule has 1 aromatic heterocycles. The van der Waals surface area contributed by atoms with Gasteiger partial charge in [0.2, 0.25) is 5.91 Å². The highest BCUT2D eigenvalue weighted by molar-refractivity contribution is 5.94. The standard InChI is InChI=1S/C18H23N3O2/c1-18(2,3)17(22)21-14-7-10-16(20-12-14)19-11-13-5-8-15(23-4)9-6-13/h5-10,12H,11H2,1-4H3,(H,19,20)(H,21,22). The maximum absolute atomic E-state index is 11.9. The van der Waals surface area contributed by atoms with Crippen LogP contribution in [0.2, 0.25) is 0 Å². The van der Waals surface area contributed by atoms with Crippen molar-refractivity contribution in [1.82, 2.24) is 4.98 Å². The van der Waals surface area contributed by atoms with Crippen LogP contribution in [0.3, 0.4) is 0 Å². The Hall–Kier alpha value is -2.56. The number of anilines is 2. The minimum absolute atomic E-state index is 0.0294. The fourth-order valence-electron chi connectivity index (χ4n) is 1.83. The Balaban J connectivity index is 1.90. The van der Waals surface area contributed by atoms with Gasteiger partial charge in [0.05, 0.1) is 19.0 Å². The van der Waals surface area contributed by atoms with Gasteiger partial charge in [0.25, 0.3) is 0 Å². The third-order valence-corrected chi connectivity index (χ3v) is 3.34. The van der Waals surface area contributed by atoms with Crippen LogP contribution < -0.4 is 15.4 Å². The van der Waals surface area contributed by atoms with Crippen LogP contribution in [0, 0.1) is 5.41 Å². The Morgan fingerprint density at radius 2 is 1.83 bits per heavy atom. The second-order valence-corrected chi connectivity index (χ2v) is 6.34. The van der Waals surface area contributed by atoms with Gasteiger partial charge >= 0.3 is 0 Å². The van der Waals surface area contributed by atoms with Crippen LogP contribution in [0.5, 0.6) is 5.75 Å². The number of ether oxygens (including phenoxy) is 1. The van der Waals surface area contributed by atoms with Crippen molar-refractivity contribution >= 4 is 17.4 Å². The minimum Gasteiger partial charge on any atom is -0.497 e. The second kappa shape index (κ2) is 7.13. The average Bonchev–Trinajstić information content (AvgIpc) is 2.54. The number of aromatic nitrogens is 1. The molecule has 0 bridgehead atoms. The zero-order valence-corrected chi connectivity index (χ0v) is 14.0. The summed E-state index contributed by atoms with van der Waals surface area (Å²) in [5.74, 6) is 1.57. The van der Waals surface area contributed by atoms with Crippen molar-refractivity contribution in [2.75, 3.05) is 17.7 Å². The third kappa shape index (κ3) is 4.98. The fourth-order valence-corrected chi connectivity index (χ4v) is 1.83. The molecule has 0 spiro atoms. The van der Waals surface area contributed by atoms with Crippen LogP contribution in [0.4, 0.5) is 11.5 Å². The number of amides is 1. The van der Waals surface area contributed by atoms with Crippen molar-refractivity contribution in [2.24, 2.45) is 5.41 Å². The topological polar surface area (TPSA) is 63.2 Å². The van der Waals surface area contributed by atoms with E-state index in [2.05, 4.69) is 15.6 Å². The van der Waals surface area contributed by atoms with E-state index >= 15 is 0 Å². The number of carbonyl (C=O) groups is 1. The molecule has 23 heavy (non-hydrogen) atoms. The SMILES string of the molecule is COc1ccc(CNc2ccc(NC(=O)C(C)(C)C)cn2)cc1. The number of carbonyl (C=O) groups excluding carboxylic acids is 1. The first-order valence-electron chi connectivity index (χ1n) is 7.53. The van der Waals surface area contributed by atoms with Crippen LogP contribution >= 0.6 is 0 Å². The minimum atomic E-state index is -0.425. The van der Waals surface area contributed by atoms with Gasteiger partial charge in [-0.2, -0.15) is 0 Å². The van der Waals surface area contributed by atoms with E-state index in [1.165, 1.54) is 0 Å². The summed E-state index contributed by atoms with van der Waals surface area (Å²) < 4.78 is 5.13. The lowest BCUT2D eigenvalue weighted by atomic mass is 9.96. The molecule has 0 radical (unpaired) electrons. The van der Waals surface area contributed by atoms with E-state index in [-0.39, 0.29) is 5.91 Å². The molecule has 1 amide bonds. The van der Waals surface area contributed by atoms with Crippen LogP contribution in [-0.4, -0.2) is 18.0 Å². The lowest BCUT2D eigenvalue weighted by molar-refractivity contribution is -0.123. The Morgan fingerprint density at radius 3 is 2.35 bits per heavy atom. The van der Waals surface area contributed by atoms with E-state index in [1.54, 1.807) is 13.3 Å². The van der Waals surface area contributed by atoms with E-state index < -0.39 is 5.41 Å². The molecule has 1 heterocycles. The number of hydrogen-bond donors (Lipinski definition) is 2. The smallest absolute Gasteiger partial charge is 0.229 e. The molecule has 2 aromatic rings. The highest BCUT2D eigenvalue weighted by atomic mass is 16.5. The van der Waals surface area contributed by atoms with Crippen LogP contribution in [0.25, 0.3) is 0 Å². The number of rotatable bonds is 5. The highest BCUT2D eigenvalue weighted by Crippen LogP contribution is 2.18. The Bertz CT molecular complexity index is 643. The number of nitrogens with one attached hydrogen (secondary N) is 2. The zero-order valence-electron chi connectivity index (χ0n) is 14.0. The van der Waals surface area contributed by atoms with Gasteiger partial charge in [0, 0.05) is 12.0 Å². The number of pyridine rings is 1. The Labute approximate surface area is 137 Å². The maximum atomic E-state index is 11.9. The van der Waals surface area contributed by atoms with Gasteiger partial charge < -0.3 is 15.4 Å². The molecule has 5 nitrogen and oxygen atoms in total. The molecule has 1 aromatic carbocycles. The first kappa shape index (κ1) is 16.8. The van der Waals surface area contributed by atoms with Gasteiger partial charge in [0.1, 0.15) is 11.6 Å². The lowest BCUT2D eigenvalue weighted by Crippen LogP contribution is -2.27. The summed E-state index contributed by atoms with van der Waals surface area (Å²) in [6, 6.07) is 11.5. The molecular weight excluding hydrogens is 290 g/mol. The summed E-state index contributed by atoms with van der Waals surface area (Å²) in [7, 11) is 1.65.